The molecule has 1 amide bonds. The predicted octanol–water partition coefficient (Wildman–Crippen LogP) is 6.81. The number of nitrogens with one attached hydrogen (secondary N) is 2. The van der Waals surface area contributed by atoms with E-state index in [1.807, 2.05) is 0 Å². The molecule has 3 aromatic carbocycles. The quantitative estimate of drug-likeness (QED) is 0.360. The number of benzene rings is 3. The van der Waals surface area contributed by atoms with Gasteiger partial charge >= 0.3 is 6.18 Å². The fourth-order valence-electron chi connectivity index (χ4n) is 2.87. The summed E-state index contributed by atoms with van der Waals surface area (Å²) in [5.74, 6) is 0.0661. The van der Waals surface area contributed by atoms with Gasteiger partial charge in [0.15, 0.2) is 0 Å². The van der Waals surface area contributed by atoms with Crippen LogP contribution in [0.1, 0.15) is 15.9 Å². The number of fused-ring (bicyclic) bond motifs is 1. The van der Waals surface area contributed by atoms with Gasteiger partial charge in [-0.2, -0.15) is 13.2 Å². The number of aromatic amines is 1. The summed E-state index contributed by atoms with van der Waals surface area (Å²) >= 11 is 11.8. The Kier molecular flexibility index (Phi) is 5.17. The van der Waals surface area contributed by atoms with E-state index >= 15 is 0 Å². The number of alkyl halides is 3. The van der Waals surface area contributed by atoms with Crippen LogP contribution in [0.15, 0.2) is 60.7 Å². The van der Waals surface area contributed by atoms with Gasteiger partial charge in [-0.05, 0) is 60.7 Å². The normalized spacial score (nSPS) is 11.6. The maximum Gasteiger partial charge on any atom is 0.416 e. The van der Waals surface area contributed by atoms with E-state index < -0.39 is 11.7 Å². The van der Waals surface area contributed by atoms with Crippen molar-refractivity contribution in [3.63, 3.8) is 0 Å². The molecule has 0 spiro atoms. The number of nitrogens with zero attached hydrogens (tertiary/aromatic N) is 1. The van der Waals surface area contributed by atoms with Crippen LogP contribution in [0.3, 0.4) is 0 Å². The van der Waals surface area contributed by atoms with E-state index in [2.05, 4.69) is 15.3 Å². The molecule has 0 aliphatic rings. The first-order chi connectivity index (χ1) is 14.2. The van der Waals surface area contributed by atoms with Crippen LogP contribution in [0, 0.1) is 0 Å². The minimum absolute atomic E-state index is 0.276. The molecule has 0 aliphatic carbocycles. The third-order valence-electron chi connectivity index (χ3n) is 4.41. The molecule has 0 unspecified atom stereocenters. The number of rotatable bonds is 3. The number of hydrogen-bond acceptors (Lipinski definition) is 2. The molecule has 0 radical (unpaired) electrons. The van der Waals surface area contributed by atoms with Crippen molar-refractivity contribution < 1.29 is 18.0 Å². The summed E-state index contributed by atoms with van der Waals surface area (Å²) in [5.41, 5.74) is 1.51. The molecule has 0 aliphatic heterocycles. The summed E-state index contributed by atoms with van der Waals surface area (Å²) in [6, 6.07) is 14.6. The largest absolute Gasteiger partial charge is 0.416 e. The van der Waals surface area contributed by atoms with Crippen LogP contribution >= 0.6 is 23.2 Å². The van der Waals surface area contributed by atoms with Crippen LogP contribution in [0.25, 0.3) is 22.4 Å². The smallest absolute Gasteiger partial charge is 0.338 e. The van der Waals surface area contributed by atoms with Crippen molar-refractivity contribution in [1.82, 2.24) is 9.97 Å². The Hall–Kier alpha value is -3.03. The Bertz CT molecular complexity index is 1250. The minimum Gasteiger partial charge on any atom is -0.338 e. The lowest BCUT2D eigenvalue weighted by Crippen LogP contribution is -2.11. The van der Waals surface area contributed by atoms with Gasteiger partial charge in [-0.25, -0.2) is 4.98 Å². The van der Waals surface area contributed by atoms with Crippen molar-refractivity contribution in [2.24, 2.45) is 0 Å². The number of carbonyl (C=O) groups excluding carboxylic acids is 1. The molecule has 4 nitrogen and oxygen atoms in total. The van der Waals surface area contributed by atoms with Gasteiger partial charge < -0.3 is 10.3 Å². The van der Waals surface area contributed by atoms with Gasteiger partial charge in [0.2, 0.25) is 0 Å². The van der Waals surface area contributed by atoms with Gasteiger partial charge in [0.25, 0.3) is 5.91 Å². The highest BCUT2D eigenvalue weighted by molar-refractivity contribution is 6.42. The number of halogens is 5. The SMILES string of the molecule is O=C(Nc1ccc(-c2nc3ccc(C(F)(F)F)cc3[nH]2)cc1)c1ccc(Cl)c(Cl)c1. The fourth-order valence-corrected chi connectivity index (χ4v) is 3.17. The molecule has 0 saturated carbocycles. The first-order valence-electron chi connectivity index (χ1n) is 8.64. The second-order valence-electron chi connectivity index (χ2n) is 6.48. The third-order valence-corrected chi connectivity index (χ3v) is 5.15. The van der Waals surface area contributed by atoms with Crippen LogP contribution in [-0.2, 0) is 6.18 Å². The lowest BCUT2D eigenvalue weighted by atomic mass is 10.1. The molecule has 30 heavy (non-hydrogen) atoms. The first kappa shape index (κ1) is 20.3. The molecule has 1 aromatic heterocycles. The molecule has 4 aromatic rings. The summed E-state index contributed by atoms with van der Waals surface area (Å²) < 4.78 is 38.6. The maximum atomic E-state index is 12.9. The summed E-state index contributed by atoms with van der Waals surface area (Å²) in [6.07, 6.45) is -4.42. The molecule has 4 rings (SSSR count). The van der Waals surface area contributed by atoms with Gasteiger partial charge in [0.1, 0.15) is 5.82 Å². The highest BCUT2D eigenvalue weighted by atomic mass is 35.5. The topological polar surface area (TPSA) is 57.8 Å². The Morgan fingerprint density at radius 1 is 0.933 bits per heavy atom. The highest BCUT2D eigenvalue weighted by Gasteiger charge is 2.30. The Morgan fingerprint density at radius 2 is 1.67 bits per heavy atom. The van der Waals surface area contributed by atoms with Crippen LogP contribution in [-0.4, -0.2) is 15.9 Å². The van der Waals surface area contributed by atoms with Crippen LogP contribution in [0.2, 0.25) is 10.0 Å². The van der Waals surface area contributed by atoms with Crippen molar-refractivity contribution in [3.05, 3.63) is 81.8 Å². The van der Waals surface area contributed by atoms with Crippen molar-refractivity contribution in [2.75, 3.05) is 5.32 Å². The van der Waals surface area contributed by atoms with E-state index in [0.717, 1.165) is 12.1 Å². The lowest BCUT2D eigenvalue weighted by molar-refractivity contribution is -0.137. The van der Waals surface area contributed by atoms with Crippen molar-refractivity contribution in [2.45, 2.75) is 6.18 Å². The zero-order valence-corrected chi connectivity index (χ0v) is 16.5. The molecule has 0 atom stereocenters. The number of amides is 1. The van der Waals surface area contributed by atoms with E-state index in [0.29, 0.717) is 33.2 Å². The number of imidazole rings is 1. The molecule has 1 heterocycles. The summed E-state index contributed by atoms with van der Waals surface area (Å²) in [5, 5.41) is 3.37. The van der Waals surface area contributed by atoms with Gasteiger partial charge in [-0.1, -0.05) is 23.2 Å². The summed E-state index contributed by atoms with van der Waals surface area (Å²) in [7, 11) is 0. The second-order valence-corrected chi connectivity index (χ2v) is 7.29. The average Bonchev–Trinajstić information content (AvgIpc) is 3.13. The summed E-state index contributed by atoms with van der Waals surface area (Å²) in [4.78, 5) is 19.6. The lowest BCUT2D eigenvalue weighted by Gasteiger charge is -2.07. The highest BCUT2D eigenvalue weighted by Crippen LogP contribution is 2.32. The zero-order chi connectivity index (χ0) is 21.5. The number of hydrogen-bond donors (Lipinski definition) is 2. The first-order valence-corrected chi connectivity index (χ1v) is 9.40. The molecule has 0 bridgehead atoms. The van der Waals surface area contributed by atoms with E-state index in [-0.39, 0.29) is 16.4 Å². The minimum atomic E-state index is -4.42. The standard InChI is InChI=1S/C21H12Cl2F3N3O/c22-15-7-3-12(9-16(15)23)20(30)27-14-5-1-11(2-6-14)19-28-17-8-4-13(21(24,25)26)10-18(17)29-19/h1-10H,(H,27,30)(H,28,29). The van der Waals surface area contributed by atoms with E-state index in [4.69, 9.17) is 23.2 Å². The Labute approximate surface area is 178 Å². The monoisotopic (exact) mass is 449 g/mol. The Balaban J connectivity index is 1.54. The average molecular weight is 450 g/mol. The Morgan fingerprint density at radius 3 is 2.33 bits per heavy atom. The number of anilines is 1. The van der Waals surface area contributed by atoms with E-state index in [9.17, 15) is 18.0 Å². The summed E-state index contributed by atoms with van der Waals surface area (Å²) in [6.45, 7) is 0. The second kappa shape index (κ2) is 7.66. The molecule has 152 valence electrons. The van der Waals surface area contributed by atoms with Gasteiger partial charge in [0, 0.05) is 16.8 Å². The van der Waals surface area contributed by atoms with Gasteiger partial charge in [-0.15, -0.1) is 0 Å². The molecule has 0 saturated heterocycles. The predicted molar refractivity (Wildman–Crippen MR) is 111 cm³/mol. The molecule has 9 heteroatoms. The third kappa shape index (κ3) is 4.13. The van der Waals surface area contributed by atoms with Gasteiger partial charge in [0.05, 0.1) is 26.6 Å². The molecular weight excluding hydrogens is 438 g/mol. The van der Waals surface area contributed by atoms with Crippen molar-refractivity contribution in [1.29, 1.82) is 0 Å². The van der Waals surface area contributed by atoms with Crippen LogP contribution < -0.4 is 5.32 Å². The molecular formula is C21H12Cl2F3N3O. The molecule has 2 N–H and O–H groups in total. The van der Waals surface area contributed by atoms with E-state index in [1.54, 1.807) is 30.3 Å². The van der Waals surface area contributed by atoms with Crippen molar-refractivity contribution >= 4 is 45.8 Å². The number of aromatic nitrogens is 2. The van der Waals surface area contributed by atoms with Crippen LogP contribution in [0.4, 0.5) is 18.9 Å². The zero-order valence-electron chi connectivity index (χ0n) is 15.0. The van der Waals surface area contributed by atoms with Crippen LogP contribution in [0.5, 0.6) is 0 Å². The van der Waals surface area contributed by atoms with Crippen molar-refractivity contribution in [3.8, 4) is 11.4 Å². The number of H-pyrrole nitrogens is 1. The van der Waals surface area contributed by atoms with Gasteiger partial charge in [-0.3, -0.25) is 4.79 Å². The van der Waals surface area contributed by atoms with E-state index in [1.165, 1.54) is 18.2 Å². The molecule has 0 fully saturated rings. The maximum absolute atomic E-state index is 12.9. The fraction of sp³-hybridized carbons (Fsp3) is 0.0476. The number of carbonyl (C=O) groups is 1.